The molecule has 9 aromatic carbocycles. The van der Waals surface area contributed by atoms with Crippen LogP contribution in [-0.2, 0) is 0 Å². The van der Waals surface area contributed by atoms with Gasteiger partial charge in [-0.05, 0) is 93.7 Å². The standard InChI is InChI=1S/C52H35FN2/c53-40-29-33-43(34-30-40)55-51(39-18-6-2-7-19-39)50(38-16-4-1-5-17-38)48-35-47(45-24-12-13-25-46(45)52(48)55)37-27-31-42(32-28-37)54(41-21-8-3-9-22-41)49-26-14-20-36-15-10-11-23-44(36)49/h1-35H. The van der Waals surface area contributed by atoms with Gasteiger partial charge in [-0.15, -0.1) is 0 Å². The van der Waals surface area contributed by atoms with Crippen molar-refractivity contribution >= 4 is 49.5 Å². The number of aromatic nitrogens is 1. The highest BCUT2D eigenvalue weighted by molar-refractivity contribution is 6.20. The Kier molecular flexibility index (Phi) is 8.04. The van der Waals surface area contributed by atoms with E-state index < -0.39 is 0 Å². The van der Waals surface area contributed by atoms with E-state index in [-0.39, 0.29) is 5.82 Å². The minimum atomic E-state index is -0.258. The zero-order valence-electron chi connectivity index (χ0n) is 30.0. The predicted molar refractivity (Wildman–Crippen MR) is 229 cm³/mol. The molecule has 3 heteroatoms. The molecule has 0 amide bonds. The first-order chi connectivity index (χ1) is 27.2. The molecular formula is C52H35FN2. The van der Waals surface area contributed by atoms with Gasteiger partial charge in [0.25, 0.3) is 0 Å². The van der Waals surface area contributed by atoms with Gasteiger partial charge in [-0.2, -0.15) is 0 Å². The number of anilines is 3. The first kappa shape index (κ1) is 32.4. The fourth-order valence-corrected chi connectivity index (χ4v) is 8.19. The fourth-order valence-electron chi connectivity index (χ4n) is 8.19. The molecule has 0 N–H and O–H groups in total. The first-order valence-corrected chi connectivity index (χ1v) is 18.6. The van der Waals surface area contributed by atoms with Crippen molar-refractivity contribution in [2.75, 3.05) is 4.90 Å². The van der Waals surface area contributed by atoms with Gasteiger partial charge in [-0.25, -0.2) is 4.39 Å². The Hall–Kier alpha value is -7.23. The molecule has 0 atom stereocenters. The molecule has 1 aromatic heterocycles. The average Bonchev–Trinajstić information content (AvgIpc) is 3.60. The maximum Gasteiger partial charge on any atom is 0.123 e. The Balaban J connectivity index is 1.23. The Bertz CT molecular complexity index is 2950. The highest BCUT2D eigenvalue weighted by Crippen LogP contribution is 2.48. The van der Waals surface area contributed by atoms with Crippen LogP contribution in [0.25, 0.3) is 71.6 Å². The molecule has 260 valence electrons. The summed E-state index contributed by atoms with van der Waals surface area (Å²) in [5.41, 5.74) is 12.0. The molecule has 0 saturated carbocycles. The summed E-state index contributed by atoms with van der Waals surface area (Å²) in [6.45, 7) is 0. The van der Waals surface area contributed by atoms with E-state index in [4.69, 9.17) is 0 Å². The molecule has 0 aliphatic rings. The van der Waals surface area contributed by atoms with Crippen LogP contribution >= 0.6 is 0 Å². The van der Waals surface area contributed by atoms with E-state index in [2.05, 4.69) is 191 Å². The Morgan fingerprint density at radius 1 is 0.400 bits per heavy atom. The van der Waals surface area contributed by atoms with E-state index >= 15 is 0 Å². The number of para-hydroxylation sites is 1. The lowest BCUT2D eigenvalue weighted by atomic mass is 9.92. The number of hydrogen-bond acceptors (Lipinski definition) is 1. The lowest BCUT2D eigenvalue weighted by Gasteiger charge is -2.27. The summed E-state index contributed by atoms with van der Waals surface area (Å²) in [5, 5.41) is 5.81. The molecule has 0 spiro atoms. The summed E-state index contributed by atoms with van der Waals surface area (Å²) in [7, 11) is 0. The lowest BCUT2D eigenvalue weighted by molar-refractivity contribution is 0.627. The van der Waals surface area contributed by atoms with Gasteiger partial charge in [-0.3, -0.25) is 0 Å². The van der Waals surface area contributed by atoms with Crippen molar-refractivity contribution in [3.63, 3.8) is 0 Å². The van der Waals surface area contributed by atoms with Gasteiger partial charge in [0, 0.05) is 38.8 Å². The second kappa shape index (κ2) is 13.6. The Labute approximate surface area is 319 Å². The second-order valence-corrected chi connectivity index (χ2v) is 13.8. The molecule has 10 rings (SSSR count). The van der Waals surface area contributed by atoms with Gasteiger partial charge in [0.05, 0.1) is 16.9 Å². The zero-order chi connectivity index (χ0) is 36.7. The highest BCUT2D eigenvalue weighted by atomic mass is 19.1. The highest BCUT2D eigenvalue weighted by Gasteiger charge is 2.25. The van der Waals surface area contributed by atoms with E-state index in [1.54, 1.807) is 12.1 Å². The molecule has 0 radical (unpaired) electrons. The average molecular weight is 707 g/mol. The minimum Gasteiger partial charge on any atom is -0.310 e. The lowest BCUT2D eigenvalue weighted by Crippen LogP contribution is -2.10. The number of rotatable bonds is 7. The molecule has 2 nitrogen and oxygen atoms in total. The van der Waals surface area contributed by atoms with E-state index in [1.807, 2.05) is 18.2 Å². The maximum absolute atomic E-state index is 14.4. The van der Waals surface area contributed by atoms with Crippen molar-refractivity contribution in [1.29, 1.82) is 0 Å². The van der Waals surface area contributed by atoms with Gasteiger partial charge >= 0.3 is 0 Å². The van der Waals surface area contributed by atoms with Gasteiger partial charge in [-0.1, -0.05) is 152 Å². The topological polar surface area (TPSA) is 8.17 Å². The van der Waals surface area contributed by atoms with E-state index in [9.17, 15) is 4.39 Å². The van der Waals surface area contributed by atoms with Crippen molar-refractivity contribution in [3.05, 3.63) is 218 Å². The van der Waals surface area contributed by atoms with Gasteiger partial charge in [0.2, 0.25) is 0 Å². The molecule has 0 bridgehead atoms. The summed E-state index contributed by atoms with van der Waals surface area (Å²) in [6, 6.07) is 73.7. The Morgan fingerprint density at radius 2 is 0.964 bits per heavy atom. The quantitative estimate of drug-likeness (QED) is 0.160. The smallest absolute Gasteiger partial charge is 0.123 e. The summed E-state index contributed by atoms with van der Waals surface area (Å²) in [5.74, 6) is -0.258. The van der Waals surface area contributed by atoms with Crippen LogP contribution in [0.2, 0.25) is 0 Å². The summed E-state index contributed by atoms with van der Waals surface area (Å²) < 4.78 is 16.8. The second-order valence-electron chi connectivity index (χ2n) is 13.8. The van der Waals surface area contributed by atoms with Crippen LogP contribution in [0.1, 0.15) is 0 Å². The molecule has 0 saturated heterocycles. The van der Waals surface area contributed by atoms with Crippen LogP contribution in [0.15, 0.2) is 212 Å². The molecule has 1 heterocycles. The zero-order valence-corrected chi connectivity index (χ0v) is 30.0. The van der Waals surface area contributed by atoms with Gasteiger partial charge in [0.1, 0.15) is 5.82 Å². The molecule has 10 aromatic rings. The molecule has 0 unspecified atom stereocenters. The monoisotopic (exact) mass is 706 g/mol. The number of benzene rings is 9. The molecule has 0 aliphatic heterocycles. The van der Waals surface area contributed by atoms with Crippen LogP contribution in [0.3, 0.4) is 0 Å². The third-order valence-electron chi connectivity index (χ3n) is 10.6. The molecular weight excluding hydrogens is 672 g/mol. The first-order valence-electron chi connectivity index (χ1n) is 18.6. The number of fused-ring (bicyclic) bond motifs is 4. The van der Waals surface area contributed by atoms with Gasteiger partial charge in [0.15, 0.2) is 0 Å². The third-order valence-corrected chi connectivity index (χ3v) is 10.6. The molecule has 0 fully saturated rings. The predicted octanol–water partition coefficient (Wildman–Crippen LogP) is 14.5. The maximum atomic E-state index is 14.4. The molecule has 55 heavy (non-hydrogen) atoms. The van der Waals surface area contributed by atoms with Crippen LogP contribution in [0.4, 0.5) is 21.5 Å². The summed E-state index contributed by atoms with van der Waals surface area (Å²) in [4.78, 5) is 2.34. The Morgan fingerprint density at radius 3 is 1.67 bits per heavy atom. The van der Waals surface area contributed by atoms with Crippen LogP contribution < -0.4 is 4.90 Å². The van der Waals surface area contributed by atoms with Gasteiger partial charge < -0.3 is 9.47 Å². The van der Waals surface area contributed by atoms with E-state index in [0.717, 1.165) is 77.9 Å². The van der Waals surface area contributed by atoms with E-state index in [1.165, 1.54) is 10.8 Å². The fraction of sp³-hybridized carbons (Fsp3) is 0. The summed E-state index contributed by atoms with van der Waals surface area (Å²) in [6.07, 6.45) is 0. The number of hydrogen-bond donors (Lipinski definition) is 0. The van der Waals surface area contributed by atoms with Crippen molar-refractivity contribution in [1.82, 2.24) is 4.57 Å². The minimum absolute atomic E-state index is 0.258. The van der Waals surface area contributed by atoms with Crippen molar-refractivity contribution in [2.45, 2.75) is 0 Å². The number of nitrogens with zero attached hydrogens (tertiary/aromatic N) is 2. The molecule has 0 aliphatic carbocycles. The van der Waals surface area contributed by atoms with Crippen molar-refractivity contribution in [2.24, 2.45) is 0 Å². The summed E-state index contributed by atoms with van der Waals surface area (Å²) >= 11 is 0. The SMILES string of the molecule is Fc1ccc(-n2c(-c3ccccc3)c(-c3ccccc3)c3cc(-c4ccc(N(c5ccccc5)c5cccc6ccccc56)cc4)c4ccccc4c32)cc1. The largest absolute Gasteiger partial charge is 0.310 e. The normalized spacial score (nSPS) is 11.4. The van der Waals surface area contributed by atoms with Crippen LogP contribution in [-0.4, -0.2) is 4.57 Å². The van der Waals surface area contributed by atoms with Crippen molar-refractivity contribution in [3.8, 4) is 39.2 Å². The number of halogens is 1. The van der Waals surface area contributed by atoms with Crippen LogP contribution in [0, 0.1) is 5.82 Å². The third kappa shape index (κ3) is 5.65. The van der Waals surface area contributed by atoms with E-state index in [0.29, 0.717) is 0 Å². The van der Waals surface area contributed by atoms with Crippen LogP contribution in [0.5, 0.6) is 0 Å². The van der Waals surface area contributed by atoms with Crippen molar-refractivity contribution < 1.29 is 4.39 Å².